The Hall–Kier alpha value is -3.63. The van der Waals surface area contributed by atoms with Crippen molar-refractivity contribution in [2.75, 3.05) is 0 Å². The highest BCUT2D eigenvalue weighted by Gasteiger charge is 2.39. The Morgan fingerprint density at radius 2 is 1.13 bits per heavy atom. The van der Waals surface area contributed by atoms with Gasteiger partial charge in [0.2, 0.25) is 0 Å². The van der Waals surface area contributed by atoms with Crippen LogP contribution in [0.2, 0.25) is 5.54 Å². The standard InChI is InChI=1S/C21H24N2Si.C13H11B/c1-3-9-18(10-4-1)21(23-16-15-22-17-23,19-11-5-2-6-12-19)24-20-13-7-8-14-20;14-13(11-7-3-1-4-8-11)12-9-5-2-6-10-12/h1-6,9-12,15-17,20H,7-8,13-14,24H2;1-10,13H. The number of nitrogens with zero attached hydrogens (tertiary/aromatic N) is 2. The van der Waals surface area contributed by atoms with Crippen molar-refractivity contribution in [3.8, 4) is 0 Å². The van der Waals surface area contributed by atoms with Gasteiger partial charge in [-0.2, -0.15) is 0 Å². The van der Waals surface area contributed by atoms with E-state index in [2.05, 4.69) is 101 Å². The summed E-state index contributed by atoms with van der Waals surface area (Å²) in [7, 11) is 5.67. The van der Waals surface area contributed by atoms with E-state index in [1.807, 2.05) is 48.9 Å². The summed E-state index contributed by atoms with van der Waals surface area (Å²) in [5.74, 6) is -0.0163. The minimum Gasteiger partial charge on any atom is -0.327 e. The molecular formula is C34H35BN2Si. The van der Waals surface area contributed by atoms with Crippen LogP contribution in [0, 0.1) is 0 Å². The van der Waals surface area contributed by atoms with Gasteiger partial charge in [0.15, 0.2) is 0 Å². The van der Waals surface area contributed by atoms with Crippen molar-refractivity contribution in [1.82, 2.24) is 9.55 Å². The van der Waals surface area contributed by atoms with Gasteiger partial charge in [0.25, 0.3) is 0 Å². The second kappa shape index (κ2) is 12.8. The summed E-state index contributed by atoms with van der Waals surface area (Å²) in [6.45, 7) is 0. The van der Waals surface area contributed by atoms with Crippen molar-refractivity contribution >= 4 is 17.4 Å². The fourth-order valence-electron chi connectivity index (χ4n) is 5.86. The first-order valence-corrected chi connectivity index (χ1v) is 15.2. The van der Waals surface area contributed by atoms with E-state index in [9.17, 15) is 0 Å². The van der Waals surface area contributed by atoms with Crippen molar-refractivity contribution in [3.63, 3.8) is 0 Å². The molecule has 1 saturated carbocycles. The van der Waals surface area contributed by atoms with Gasteiger partial charge < -0.3 is 4.57 Å². The van der Waals surface area contributed by atoms with Crippen LogP contribution >= 0.6 is 0 Å². The molecule has 1 aliphatic carbocycles. The maximum Gasteiger partial charge on any atom is 0.0953 e. The predicted molar refractivity (Wildman–Crippen MR) is 163 cm³/mol. The molecule has 0 unspecified atom stereocenters. The third-order valence-electron chi connectivity index (χ3n) is 7.82. The number of hydrogen-bond acceptors (Lipinski definition) is 1. The molecule has 1 heterocycles. The quantitative estimate of drug-likeness (QED) is 0.213. The molecule has 2 nitrogen and oxygen atoms in total. The lowest BCUT2D eigenvalue weighted by Gasteiger charge is -2.38. The Labute approximate surface area is 231 Å². The van der Waals surface area contributed by atoms with E-state index >= 15 is 0 Å². The molecule has 0 amide bonds. The minimum absolute atomic E-state index is 0.0163. The molecule has 1 fully saturated rings. The van der Waals surface area contributed by atoms with Gasteiger partial charge in [-0.05, 0) is 33.6 Å². The fraction of sp³-hybridized carbons (Fsp3) is 0.206. The lowest BCUT2D eigenvalue weighted by Crippen LogP contribution is -2.43. The van der Waals surface area contributed by atoms with E-state index < -0.39 is 9.52 Å². The normalized spacial score (nSPS) is 14.0. The number of rotatable bonds is 7. The zero-order valence-corrected chi connectivity index (χ0v) is 23.4. The fourth-order valence-corrected chi connectivity index (χ4v) is 9.03. The smallest absolute Gasteiger partial charge is 0.0953 e. The third-order valence-corrected chi connectivity index (χ3v) is 11.0. The predicted octanol–water partition coefficient (Wildman–Crippen LogP) is 7.11. The van der Waals surface area contributed by atoms with Gasteiger partial charge in [0.05, 0.1) is 28.9 Å². The molecule has 38 heavy (non-hydrogen) atoms. The van der Waals surface area contributed by atoms with E-state index in [0.717, 1.165) is 16.7 Å². The van der Waals surface area contributed by atoms with Crippen LogP contribution in [0.5, 0.6) is 0 Å². The second-order valence-corrected chi connectivity index (χ2v) is 12.8. The van der Waals surface area contributed by atoms with Crippen LogP contribution in [0.3, 0.4) is 0 Å². The Morgan fingerprint density at radius 3 is 1.55 bits per heavy atom. The van der Waals surface area contributed by atoms with E-state index in [0.29, 0.717) is 0 Å². The van der Waals surface area contributed by atoms with Crippen LogP contribution in [0.4, 0.5) is 0 Å². The van der Waals surface area contributed by atoms with Gasteiger partial charge >= 0.3 is 0 Å². The molecule has 1 aliphatic rings. The summed E-state index contributed by atoms with van der Waals surface area (Å²) in [4.78, 5) is 4.40. The highest BCUT2D eigenvalue weighted by molar-refractivity contribution is 6.43. The SMILES string of the molecule is [B]C(c1ccccc1)c1ccccc1.c1ccc(C([SiH2]C2CCCC2)(c2ccccc2)n2ccnc2)cc1. The lowest BCUT2D eigenvalue weighted by atomic mass is 9.76. The largest absolute Gasteiger partial charge is 0.327 e. The van der Waals surface area contributed by atoms with Crippen LogP contribution in [-0.4, -0.2) is 26.9 Å². The second-order valence-electron chi connectivity index (χ2n) is 10.2. The minimum atomic E-state index is -0.448. The van der Waals surface area contributed by atoms with Crippen LogP contribution in [0.1, 0.15) is 53.8 Å². The first-order valence-electron chi connectivity index (χ1n) is 13.7. The molecule has 2 radical (unpaired) electrons. The summed E-state index contributed by atoms with van der Waals surface area (Å²) in [6.07, 6.45) is 11.7. The van der Waals surface area contributed by atoms with Crippen LogP contribution in [0.25, 0.3) is 0 Å². The molecule has 188 valence electrons. The van der Waals surface area contributed by atoms with Crippen molar-refractivity contribution in [1.29, 1.82) is 0 Å². The highest BCUT2D eigenvalue weighted by atomic mass is 28.2. The molecule has 5 aromatic rings. The molecule has 0 spiro atoms. The van der Waals surface area contributed by atoms with Gasteiger partial charge in [-0.25, -0.2) is 4.98 Å². The molecule has 0 aliphatic heterocycles. The Bertz CT molecular complexity index is 1260. The number of benzene rings is 4. The lowest BCUT2D eigenvalue weighted by molar-refractivity contribution is 0.579. The Morgan fingerprint density at radius 1 is 0.684 bits per heavy atom. The molecule has 1 aromatic heterocycles. The van der Waals surface area contributed by atoms with Gasteiger partial charge in [-0.3, -0.25) is 0 Å². The number of aromatic nitrogens is 2. The summed E-state index contributed by atoms with van der Waals surface area (Å²) in [5.41, 5.74) is 6.03. The molecule has 0 N–H and O–H groups in total. The molecule has 0 bridgehead atoms. The van der Waals surface area contributed by atoms with Crippen molar-refractivity contribution in [2.24, 2.45) is 0 Å². The van der Waals surface area contributed by atoms with Crippen molar-refractivity contribution in [2.45, 2.75) is 42.2 Å². The first kappa shape index (κ1) is 26.0. The monoisotopic (exact) mass is 510 g/mol. The van der Waals surface area contributed by atoms with Crippen LogP contribution in [0.15, 0.2) is 140 Å². The van der Waals surface area contributed by atoms with E-state index in [1.54, 1.807) is 0 Å². The number of hydrogen-bond donors (Lipinski definition) is 0. The maximum absolute atomic E-state index is 6.12. The highest BCUT2D eigenvalue weighted by Crippen LogP contribution is 2.40. The number of imidazole rings is 1. The summed E-state index contributed by atoms with van der Waals surface area (Å²) in [6, 6.07) is 42.4. The molecule has 4 aromatic carbocycles. The summed E-state index contributed by atoms with van der Waals surface area (Å²) < 4.78 is 2.38. The molecule has 0 atom stereocenters. The van der Waals surface area contributed by atoms with Crippen molar-refractivity contribution < 1.29 is 0 Å². The van der Waals surface area contributed by atoms with E-state index in [4.69, 9.17) is 7.85 Å². The van der Waals surface area contributed by atoms with Crippen molar-refractivity contribution in [3.05, 3.63) is 162 Å². The Balaban J connectivity index is 0.000000179. The first-order chi connectivity index (χ1) is 18.8. The maximum atomic E-state index is 6.12. The zero-order valence-electron chi connectivity index (χ0n) is 21.9. The zero-order chi connectivity index (χ0) is 26.0. The van der Waals surface area contributed by atoms with Gasteiger partial charge in [0, 0.05) is 12.4 Å². The average molecular weight is 511 g/mol. The molecule has 0 saturated heterocycles. The molecule has 4 heteroatoms. The molecule has 6 rings (SSSR count). The average Bonchev–Trinajstić information content (AvgIpc) is 3.73. The topological polar surface area (TPSA) is 17.8 Å². The van der Waals surface area contributed by atoms with Crippen LogP contribution < -0.4 is 0 Å². The van der Waals surface area contributed by atoms with E-state index in [1.165, 1.54) is 36.8 Å². The van der Waals surface area contributed by atoms with Gasteiger partial charge in [-0.15, -0.1) is 0 Å². The summed E-state index contributed by atoms with van der Waals surface area (Å²) in [5, 5.41) is -0.0337. The Kier molecular flexibility index (Phi) is 8.72. The third kappa shape index (κ3) is 5.92. The summed E-state index contributed by atoms with van der Waals surface area (Å²) >= 11 is 0. The van der Waals surface area contributed by atoms with Gasteiger partial charge in [-0.1, -0.05) is 147 Å². The van der Waals surface area contributed by atoms with E-state index in [-0.39, 0.29) is 11.0 Å². The van der Waals surface area contributed by atoms with Crippen LogP contribution in [-0.2, 0) is 5.16 Å². The molecular weight excluding hydrogens is 475 g/mol. The van der Waals surface area contributed by atoms with Gasteiger partial charge in [0.1, 0.15) is 0 Å².